The molecule has 1 unspecified atom stereocenters. The molecule has 12 heavy (non-hydrogen) atoms. The summed E-state index contributed by atoms with van der Waals surface area (Å²) in [5.41, 5.74) is -0.776. The highest BCUT2D eigenvalue weighted by Gasteiger charge is 2.33. The second-order valence-corrected chi connectivity index (χ2v) is 4.43. The zero-order chi connectivity index (χ0) is 9.83. The summed E-state index contributed by atoms with van der Waals surface area (Å²) >= 11 is 0. The van der Waals surface area contributed by atoms with Crippen LogP contribution >= 0.6 is 7.75 Å². The van der Waals surface area contributed by atoms with E-state index in [-0.39, 0.29) is 0 Å². The normalized spacial score (nSPS) is 17.0. The molecule has 0 aliphatic carbocycles. The first kappa shape index (κ1) is 11.7. The number of rotatable bonds is 4. The van der Waals surface area contributed by atoms with Gasteiger partial charge in [0.2, 0.25) is 0 Å². The lowest BCUT2D eigenvalue weighted by atomic mass is 10.2. The Morgan fingerprint density at radius 1 is 1.33 bits per heavy atom. The molecule has 0 spiro atoms. The van der Waals surface area contributed by atoms with Crippen molar-refractivity contribution in [2.45, 2.75) is 26.4 Å². The lowest BCUT2D eigenvalue weighted by Gasteiger charge is -2.20. The van der Waals surface area contributed by atoms with E-state index in [1.807, 2.05) is 0 Å². The molecule has 1 atom stereocenters. The Kier molecular flexibility index (Phi) is 3.99. The van der Waals surface area contributed by atoms with Crippen molar-refractivity contribution in [2.24, 2.45) is 4.95 Å². The third-order valence-corrected chi connectivity index (χ3v) is 1.97. The standard InChI is InChI=1S/C5H12NO5P/c1-5(2,3)10-12(8,6-7)11-9-4/h1-4H3. The smallest absolute Gasteiger partial charge is 0.282 e. The van der Waals surface area contributed by atoms with E-state index in [2.05, 4.69) is 14.5 Å². The van der Waals surface area contributed by atoms with Crippen molar-refractivity contribution in [1.82, 2.24) is 0 Å². The monoisotopic (exact) mass is 197 g/mol. The summed E-state index contributed by atoms with van der Waals surface area (Å²) in [6, 6.07) is 0. The zero-order valence-corrected chi connectivity index (χ0v) is 8.33. The van der Waals surface area contributed by atoms with Gasteiger partial charge in [-0.15, -0.1) is 9.58 Å². The molecule has 0 heterocycles. The minimum Gasteiger partial charge on any atom is -0.282 e. The average molecular weight is 197 g/mol. The fourth-order valence-corrected chi connectivity index (χ4v) is 1.46. The molecule has 0 aromatic heterocycles. The van der Waals surface area contributed by atoms with Crippen molar-refractivity contribution in [2.75, 3.05) is 7.11 Å². The molecule has 0 aromatic carbocycles. The molecule has 0 rings (SSSR count). The molecule has 0 N–H and O–H groups in total. The molecule has 0 saturated carbocycles. The first-order valence-corrected chi connectivity index (χ1v) is 4.70. The van der Waals surface area contributed by atoms with Gasteiger partial charge in [0.1, 0.15) is 0 Å². The summed E-state index contributed by atoms with van der Waals surface area (Å²) in [4.78, 5) is 16.3. The van der Waals surface area contributed by atoms with Crippen molar-refractivity contribution in [3.63, 3.8) is 0 Å². The Labute approximate surface area is 70.7 Å². The van der Waals surface area contributed by atoms with Gasteiger partial charge in [-0.25, -0.2) is 9.45 Å². The van der Waals surface area contributed by atoms with E-state index in [1.54, 1.807) is 20.8 Å². The van der Waals surface area contributed by atoms with Crippen LogP contribution in [0.15, 0.2) is 4.95 Å². The predicted molar refractivity (Wildman–Crippen MR) is 42.3 cm³/mol. The summed E-state index contributed by atoms with van der Waals surface area (Å²) in [5, 5.41) is 0. The maximum Gasteiger partial charge on any atom is 0.517 e. The van der Waals surface area contributed by atoms with Crippen LogP contribution in [0, 0.1) is 4.91 Å². The maximum absolute atomic E-state index is 11.1. The molecular formula is C5H12NO5P. The van der Waals surface area contributed by atoms with Crippen LogP contribution in [0.4, 0.5) is 0 Å². The fraction of sp³-hybridized carbons (Fsp3) is 1.00. The lowest BCUT2D eigenvalue weighted by Crippen LogP contribution is -2.17. The minimum atomic E-state index is -3.97. The van der Waals surface area contributed by atoms with Gasteiger partial charge in [-0.05, 0) is 20.8 Å². The molecule has 0 radical (unpaired) electrons. The molecule has 0 fully saturated rings. The van der Waals surface area contributed by atoms with Gasteiger partial charge in [-0.2, -0.15) is 0 Å². The van der Waals surface area contributed by atoms with Crippen molar-refractivity contribution in [1.29, 1.82) is 0 Å². The van der Waals surface area contributed by atoms with Gasteiger partial charge in [0, 0.05) is 0 Å². The van der Waals surface area contributed by atoms with Gasteiger partial charge in [0.05, 0.1) is 17.7 Å². The van der Waals surface area contributed by atoms with E-state index >= 15 is 0 Å². The third-order valence-electron chi connectivity index (χ3n) is 0.658. The molecule has 6 nitrogen and oxygen atoms in total. The van der Waals surface area contributed by atoms with Crippen LogP contribution < -0.4 is 0 Å². The van der Waals surface area contributed by atoms with E-state index < -0.39 is 13.3 Å². The number of nitroso groups, excluding NO2 is 1. The van der Waals surface area contributed by atoms with Crippen molar-refractivity contribution in [3.8, 4) is 0 Å². The largest absolute Gasteiger partial charge is 0.517 e. The zero-order valence-electron chi connectivity index (χ0n) is 7.44. The molecule has 0 aromatic rings. The van der Waals surface area contributed by atoms with Crippen LogP contribution in [0.5, 0.6) is 0 Å². The van der Waals surface area contributed by atoms with Gasteiger partial charge in [-0.3, -0.25) is 4.52 Å². The Hall–Kier alpha value is -0.290. The van der Waals surface area contributed by atoms with Crippen molar-refractivity contribution in [3.05, 3.63) is 4.91 Å². The van der Waals surface area contributed by atoms with Gasteiger partial charge < -0.3 is 0 Å². The summed E-state index contributed by atoms with van der Waals surface area (Å²) in [6.45, 7) is 4.84. The van der Waals surface area contributed by atoms with Crippen LogP contribution in [0.3, 0.4) is 0 Å². The van der Waals surface area contributed by atoms with Crippen LogP contribution in [-0.4, -0.2) is 12.7 Å². The van der Waals surface area contributed by atoms with E-state index in [0.29, 0.717) is 0 Å². The predicted octanol–water partition coefficient (Wildman–Crippen LogP) is 2.25. The Morgan fingerprint density at radius 2 is 1.83 bits per heavy atom. The van der Waals surface area contributed by atoms with E-state index in [9.17, 15) is 9.47 Å². The first-order valence-electron chi connectivity index (χ1n) is 3.21. The summed E-state index contributed by atoms with van der Waals surface area (Å²) in [5.74, 6) is 0. The molecule has 0 aliphatic heterocycles. The number of nitrogens with zero attached hydrogens (tertiary/aromatic N) is 1. The quantitative estimate of drug-likeness (QED) is 0.299. The van der Waals surface area contributed by atoms with Gasteiger partial charge in [0.15, 0.2) is 0 Å². The van der Waals surface area contributed by atoms with E-state index in [4.69, 9.17) is 4.52 Å². The van der Waals surface area contributed by atoms with Gasteiger partial charge >= 0.3 is 7.75 Å². The Balaban J connectivity index is 4.35. The lowest BCUT2D eigenvalue weighted by molar-refractivity contribution is -0.191. The van der Waals surface area contributed by atoms with Crippen LogP contribution in [0.2, 0.25) is 0 Å². The number of hydrogen-bond donors (Lipinski definition) is 0. The highest BCUT2D eigenvalue weighted by molar-refractivity contribution is 7.52. The Morgan fingerprint density at radius 3 is 2.08 bits per heavy atom. The molecule has 0 bridgehead atoms. The van der Waals surface area contributed by atoms with Crippen LogP contribution in [0.1, 0.15) is 20.8 Å². The van der Waals surface area contributed by atoms with E-state index in [1.165, 1.54) is 0 Å². The molecule has 0 saturated heterocycles. The number of hydrogen-bond acceptors (Lipinski definition) is 5. The van der Waals surface area contributed by atoms with E-state index in [0.717, 1.165) is 7.11 Å². The molecule has 0 amide bonds. The molecule has 7 heteroatoms. The first-order chi connectivity index (χ1) is 5.33. The Bertz CT molecular complexity index is 199. The topological polar surface area (TPSA) is 74.2 Å². The highest BCUT2D eigenvalue weighted by Crippen LogP contribution is 2.52. The average Bonchev–Trinajstić information content (AvgIpc) is 1.84. The van der Waals surface area contributed by atoms with Crippen LogP contribution in [0.25, 0.3) is 0 Å². The summed E-state index contributed by atoms with van der Waals surface area (Å²) in [7, 11) is -2.86. The molecule has 72 valence electrons. The molecule has 0 aliphatic rings. The van der Waals surface area contributed by atoms with Crippen molar-refractivity contribution < 1.29 is 18.7 Å². The second-order valence-electron chi connectivity index (χ2n) is 3.00. The fourth-order valence-electron chi connectivity index (χ4n) is 0.486. The second kappa shape index (κ2) is 4.09. The maximum atomic E-state index is 11.1. The van der Waals surface area contributed by atoms with Gasteiger partial charge in [0.25, 0.3) is 0 Å². The summed E-state index contributed by atoms with van der Waals surface area (Å²) in [6.07, 6.45) is 0. The molecular weight excluding hydrogens is 185 g/mol. The van der Waals surface area contributed by atoms with Gasteiger partial charge in [-0.1, -0.05) is 0 Å². The minimum absolute atomic E-state index is 0.776. The summed E-state index contributed by atoms with van der Waals surface area (Å²) < 4.78 is 20.0. The van der Waals surface area contributed by atoms with Crippen LogP contribution in [-0.2, 0) is 18.7 Å². The van der Waals surface area contributed by atoms with Crippen molar-refractivity contribution >= 4 is 7.75 Å². The third kappa shape index (κ3) is 4.56. The SMILES string of the molecule is COOP(=O)(N=O)OC(C)(C)C. The highest BCUT2D eigenvalue weighted by atomic mass is 31.2.